The van der Waals surface area contributed by atoms with Crippen molar-refractivity contribution in [3.8, 4) is 11.1 Å². The quantitative estimate of drug-likeness (QED) is 0.524. The number of carbonyl (C=O) groups excluding carboxylic acids is 1. The summed E-state index contributed by atoms with van der Waals surface area (Å²) in [5.41, 5.74) is 3.94. The number of hydrogen-bond donors (Lipinski definition) is 2. The van der Waals surface area contributed by atoms with Gasteiger partial charge in [0, 0.05) is 69.0 Å². The molecular weight excluding hydrogens is 475 g/mol. The number of carboxylic acids is 1. The van der Waals surface area contributed by atoms with Gasteiger partial charge >= 0.3 is 12.1 Å². The average molecular weight is 506 g/mol. The van der Waals surface area contributed by atoms with Crippen LogP contribution in [0.2, 0.25) is 0 Å². The minimum absolute atomic E-state index is 0.102. The Hall–Kier alpha value is -3.60. The summed E-state index contributed by atoms with van der Waals surface area (Å²) < 4.78 is 33.5. The van der Waals surface area contributed by atoms with Crippen LogP contribution in [0.5, 0.6) is 0 Å². The molecule has 4 rings (SSSR count). The number of carbonyl (C=O) groups is 2. The first-order chi connectivity index (χ1) is 17.1. The standard InChI is InChI=1S/C23H29N5O.C2HF3O2/c1-3-7-20-17-28(11-10-27(20)15-18-8-5-4-6-9-18)23(29)22-14-24-13-21(22)19-12-25-26(2)16-19;3-2(4,5)1(6)7/h4-6,8-9,12-14,16,20,24H,3,7,10-11,15,17H2,1-2H3;(H,6,7). The fraction of sp³-hybridized carbons (Fsp3) is 0.400. The molecular formula is C25H30F3N5O3. The van der Waals surface area contributed by atoms with E-state index in [1.54, 1.807) is 10.9 Å². The number of aryl methyl sites for hydroxylation is 1. The fourth-order valence-corrected chi connectivity index (χ4v) is 4.22. The number of aliphatic carboxylic acids is 1. The largest absolute Gasteiger partial charge is 0.490 e. The first kappa shape index (κ1) is 27.0. The van der Waals surface area contributed by atoms with Crippen LogP contribution in [-0.4, -0.2) is 73.4 Å². The van der Waals surface area contributed by atoms with Crippen LogP contribution in [0.3, 0.4) is 0 Å². The molecule has 1 saturated heterocycles. The number of halogens is 3. The molecule has 1 amide bonds. The third-order valence-electron chi connectivity index (χ3n) is 5.98. The number of H-pyrrole nitrogens is 1. The van der Waals surface area contributed by atoms with Crippen LogP contribution in [0.4, 0.5) is 13.2 Å². The molecule has 36 heavy (non-hydrogen) atoms. The number of amides is 1. The van der Waals surface area contributed by atoms with E-state index in [4.69, 9.17) is 9.90 Å². The van der Waals surface area contributed by atoms with Crippen molar-refractivity contribution < 1.29 is 27.9 Å². The van der Waals surface area contributed by atoms with E-state index in [2.05, 4.69) is 52.2 Å². The molecule has 1 unspecified atom stereocenters. The topological polar surface area (TPSA) is 94.5 Å². The summed E-state index contributed by atoms with van der Waals surface area (Å²) in [4.78, 5) is 29.9. The minimum Gasteiger partial charge on any atom is -0.475 e. The molecule has 2 N–H and O–H groups in total. The molecule has 0 aliphatic carbocycles. The van der Waals surface area contributed by atoms with Crippen LogP contribution < -0.4 is 0 Å². The lowest BCUT2D eigenvalue weighted by Crippen LogP contribution is -2.54. The van der Waals surface area contributed by atoms with Crippen molar-refractivity contribution in [3.63, 3.8) is 0 Å². The lowest BCUT2D eigenvalue weighted by Gasteiger charge is -2.41. The maximum absolute atomic E-state index is 13.3. The van der Waals surface area contributed by atoms with E-state index in [9.17, 15) is 18.0 Å². The van der Waals surface area contributed by atoms with Crippen LogP contribution in [0, 0.1) is 0 Å². The second kappa shape index (κ2) is 11.9. The van der Waals surface area contributed by atoms with Crippen molar-refractivity contribution >= 4 is 11.9 Å². The van der Waals surface area contributed by atoms with Crippen LogP contribution in [0.25, 0.3) is 11.1 Å². The number of alkyl halides is 3. The number of nitrogens with one attached hydrogen (secondary N) is 1. The van der Waals surface area contributed by atoms with Crippen LogP contribution in [0.1, 0.15) is 35.7 Å². The lowest BCUT2D eigenvalue weighted by atomic mass is 10.0. The summed E-state index contributed by atoms with van der Waals surface area (Å²) in [5.74, 6) is -2.65. The van der Waals surface area contributed by atoms with E-state index >= 15 is 0 Å². The number of carboxylic acid groups (broad SMARTS) is 1. The summed E-state index contributed by atoms with van der Waals surface area (Å²) in [6, 6.07) is 11.0. The maximum Gasteiger partial charge on any atom is 0.490 e. The summed E-state index contributed by atoms with van der Waals surface area (Å²) in [6.45, 7) is 5.59. The molecule has 0 radical (unpaired) electrons. The highest BCUT2D eigenvalue weighted by atomic mass is 19.4. The Morgan fingerprint density at radius 2 is 1.86 bits per heavy atom. The van der Waals surface area contributed by atoms with E-state index in [0.717, 1.165) is 55.7 Å². The Balaban J connectivity index is 0.000000454. The van der Waals surface area contributed by atoms with E-state index in [-0.39, 0.29) is 5.91 Å². The molecule has 1 fully saturated rings. The lowest BCUT2D eigenvalue weighted by molar-refractivity contribution is -0.192. The van der Waals surface area contributed by atoms with E-state index in [1.165, 1.54) is 5.56 Å². The molecule has 0 bridgehead atoms. The van der Waals surface area contributed by atoms with Crippen LogP contribution in [-0.2, 0) is 18.4 Å². The van der Waals surface area contributed by atoms with Gasteiger partial charge in [-0.2, -0.15) is 18.3 Å². The van der Waals surface area contributed by atoms with Crippen molar-refractivity contribution in [1.29, 1.82) is 0 Å². The fourth-order valence-electron chi connectivity index (χ4n) is 4.22. The van der Waals surface area contributed by atoms with Crippen molar-refractivity contribution in [2.75, 3.05) is 19.6 Å². The van der Waals surface area contributed by atoms with Crippen molar-refractivity contribution in [2.45, 2.75) is 38.5 Å². The Morgan fingerprint density at radius 1 is 1.17 bits per heavy atom. The van der Waals surface area contributed by atoms with Gasteiger partial charge in [-0.25, -0.2) is 4.79 Å². The molecule has 3 aromatic rings. The molecule has 1 atom stereocenters. The van der Waals surface area contributed by atoms with Gasteiger partial charge in [-0.1, -0.05) is 43.7 Å². The zero-order chi connectivity index (χ0) is 26.3. The second-order valence-electron chi connectivity index (χ2n) is 8.64. The Kier molecular flexibility index (Phi) is 8.92. The third kappa shape index (κ3) is 6.97. The number of aromatic amines is 1. The molecule has 1 aliphatic rings. The van der Waals surface area contributed by atoms with Gasteiger partial charge < -0.3 is 15.0 Å². The molecule has 0 spiro atoms. The van der Waals surface area contributed by atoms with E-state index in [0.29, 0.717) is 6.04 Å². The second-order valence-corrected chi connectivity index (χ2v) is 8.64. The molecule has 0 saturated carbocycles. The highest BCUT2D eigenvalue weighted by Crippen LogP contribution is 2.26. The molecule has 8 nitrogen and oxygen atoms in total. The van der Waals surface area contributed by atoms with Gasteiger partial charge in [-0.15, -0.1) is 0 Å². The number of piperazine rings is 1. The van der Waals surface area contributed by atoms with E-state index < -0.39 is 12.1 Å². The smallest absolute Gasteiger partial charge is 0.475 e. The summed E-state index contributed by atoms with van der Waals surface area (Å²) >= 11 is 0. The van der Waals surface area contributed by atoms with Gasteiger partial charge in [0.25, 0.3) is 5.91 Å². The highest BCUT2D eigenvalue weighted by Gasteiger charge is 2.38. The molecule has 3 heterocycles. The van der Waals surface area contributed by atoms with Crippen molar-refractivity contribution in [3.05, 3.63) is 66.2 Å². The summed E-state index contributed by atoms with van der Waals surface area (Å²) in [7, 11) is 1.89. The molecule has 1 aromatic carbocycles. The van der Waals surface area contributed by atoms with E-state index in [1.807, 2.05) is 30.5 Å². The monoisotopic (exact) mass is 505 g/mol. The first-order valence-corrected chi connectivity index (χ1v) is 11.6. The first-order valence-electron chi connectivity index (χ1n) is 11.6. The predicted octanol–water partition coefficient (Wildman–Crippen LogP) is 4.18. The van der Waals surface area contributed by atoms with Crippen LogP contribution >= 0.6 is 0 Å². The van der Waals surface area contributed by atoms with Crippen LogP contribution in [0.15, 0.2) is 55.1 Å². The van der Waals surface area contributed by atoms with Gasteiger partial charge in [0.2, 0.25) is 0 Å². The number of hydrogen-bond acceptors (Lipinski definition) is 4. The summed E-state index contributed by atoms with van der Waals surface area (Å²) in [5, 5.41) is 11.4. The normalized spacial score (nSPS) is 16.4. The molecule has 2 aromatic heterocycles. The SMILES string of the molecule is CCCC1CN(C(=O)c2c[nH]cc2-c2cnn(C)c2)CCN1Cc1ccccc1.O=C(O)C(F)(F)F. The molecule has 11 heteroatoms. The Morgan fingerprint density at radius 3 is 2.44 bits per heavy atom. The third-order valence-corrected chi connectivity index (χ3v) is 5.98. The van der Waals surface area contributed by atoms with Crippen molar-refractivity contribution in [1.82, 2.24) is 24.6 Å². The van der Waals surface area contributed by atoms with Gasteiger partial charge in [0.05, 0.1) is 11.8 Å². The van der Waals surface area contributed by atoms with Gasteiger partial charge in [0.15, 0.2) is 0 Å². The average Bonchev–Trinajstić information content (AvgIpc) is 3.49. The predicted molar refractivity (Wildman–Crippen MR) is 128 cm³/mol. The van der Waals surface area contributed by atoms with Gasteiger partial charge in [0.1, 0.15) is 0 Å². The number of nitrogens with zero attached hydrogens (tertiary/aromatic N) is 4. The number of benzene rings is 1. The maximum atomic E-state index is 13.3. The van der Waals surface area contributed by atoms with Gasteiger partial charge in [-0.3, -0.25) is 14.4 Å². The zero-order valence-electron chi connectivity index (χ0n) is 20.2. The zero-order valence-corrected chi connectivity index (χ0v) is 20.2. The van der Waals surface area contributed by atoms with Crippen molar-refractivity contribution in [2.24, 2.45) is 7.05 Å². The summed E-state index contributed by atoms with van der Waals surface area (Å²) in [6.07, 6.45) is 4.58. The Labute approximate surface area is 207 Å². The number of rotatable bonds is 6. The Bertz CT molecular complexity index is 1140. The van der Waals surface area contributed by atoms with Gasteiger partial charge in [-0.05, 0) is 12.0 Å². The number of aromatic nitrogens is 3. The highest BCUT2D eigenvalue weighted by molar-refractivity contribution is 6.00. The minimum atomic E-state index is -5.08. The molecule has 1 aliphatic heterocycles. The molecule has 194 valence electrons.